The maximum absolute atomic E-state index is 11.0. The van der Waals surface area contributed by atoms with Gasteiger partial charge in [-0.15, -0.1) is 0 Å². The third kappa shape index (κ3) is 3.31. The van der Waals surface area contributed by atoms with Gasteiger partial charge in [-0.05, 0) is 18.2 Å². The van der Waals surface area contributed by atoms with Crippen LogP contribution in [0.1, 0.15) is 5.56 Å². The summed E-state index contributed by atoms with van der Waals surface area (Å²) >= 11 is 12.2. The number of rotatable bonds is 3. The van der Waals surface area contributed by atoms with Crippen molar-refractivity contribution in [3.63, 3.8) is 0 Å². The molecule has 0 amide bonds. The van der Waals surface area contributed by atoms with Crippen LogP contribution in [0.3, 0.4) is 0 Å². The van der Waals surface area contributed by atoms with Gasteiger partial charge in [0.15, 0.2) is 0 Å². The molecule has 0 spiro atoms. The molecule has 3 rings (SSSR count). The summed E-state index contributed by atoms with van der Waals surface area (Å²) in [5, 5.41) is 21.3. The number of benzene rings is 2. The van der Waals surface area contributed by atoms with Gasteiger partial charge >= 0.3 is 0 Å². The summed E-state index contributed by atoms with van der Waals surface area (Å²) in [5.41, 5.74) is 7.98. The standard InChI is InChI=1S/C18H10Cl2N4O2/c19-11-4-5-13(16(20)7-11)14-8-17(23-18(22)15(14)9-21)10-2-1-3-12(6-10)24(25)26/h1-8H,(H2,22,23). The molecule has 0 radical (unpaired) electrons. The molecule has 0 saturated carbocycles. The number of nitrogen functional groups attached to an aromatic ring is 1. The fourth-order valence-corrected chi connectivity index (χ4v) is 3.04. The molecule has 128 valence electrons. The van der Waals surface area contributed by atoms with Crippen molar-refractivity contribution in [3.05, 3.63) is 74.3 Å². The van der Waals surface area contributed by atoms with Crippen molar-refractivity contribution in [1.82, 2.24) is 4.98 Å². The highest BCUT2D eigenvalue weighted by molar-refractivity contribution is 6.36. The Hall–Kier alpha value is -3.14. The first-order valence-corrected chi connectivity index (χ1v) is 8.07. The number of pyridine rings is 1. The molecular weight excluding hydrogens is 375 g/mol. The molecule has 0 aliphatic heterocycles. The maximum atomic E-state index is 11.0. The Kier molecular flexibility index (Phi) is 4.76. The smallest absolute Gasteiger partial charge is 0.270 e. The average Bonchev–Trinajstić information content (AvgIpc) is 2.61. The highest BCUT2D eigenvalue weighted by Gasteiger charge is 2.17. The van der Waals surface area contributed by atoms with Crippen LogP contribution in [0.4, 0.5) is 11.5 Å². The summed E-state index contributed by atoms with van der Waals surface area (Å²) in [4.78, 5) is 14.7. The van der Waals surface area contributed by atoms with Gasteiger partial charge in [-0.3, -0.25) is 10.1 Å². The molecule has 2 aromatic carbocycles. The van der Waals surface area contributed by atoms with Crippen LogP contribution in [0, 0.1) is 21.4 Å². The Morgan fingerprint density at radius 2 is 1.88 bits per heavy atom. The van der Waals surface area contributed by atoms with Crippen LogP contribution in [0.2, 0.25) is 10.0 Å². The van der Waals surface area contributed by atoms with Crippen LogP contribution in [-0.4, -0.2) is 9.91 Å². The van der Waals surface area contributed by atoms with Gasteiger partial charge in [0.2, 0.25) is 0 Å². The fraction of sp³-hybridized carbons (Fsp3) is 0. The quantitative estimate of drug-likeness (QED) is 0.500. The molecule has 0 bridgehead atoms. The lowest BCUT2D eigenvalue weighted by atomic mass is 9.98. The summed E-state index contributed by atoms with van der Waals surface area (Å²) < 4.78 is 0. The Bertz CT molecular complexity index is 1080. The number of halogens is 2. The summed E-state index contributed by atoms with van der Waals surface area (Å²) in [7, 11) is 0. The molecule has 6 nitrogen and oxygen atoms in total. The average molecular weight is 385 g/mol. The summed E-state index contributed by atoms with van der Waals surface area (Å²) in [6.07, 6.45) is 0. The minimum absolute atomic E-state index is 0.0116. The summed E-state index contributed by atoms with van der Waals surface area (Å²) in [5.74, 6) is 0.0116. The van der Waals surface area contributed by atoms with Crippen molar-refractivity contribution < 1.29 is 4.92 Å². The first kappa shape index (κ1) is 17.7. The number of nitro benzene ring substituents is 1. The Balaban J connectivity index is 2.25. The second kappa shape index (κ2) is 7.00. The van der Waals surface area contributed by atoms with Gasteiger partial charge in [0.1, 0.15) is 17.5 Å². The van der Waals surface area contributed by atoms with E-state index in [-0.39, 0.29) is 17.1 Å². The molecule has 8 heteroatoms. The minimum atomic E-state index is -0.493. The fourth-order valence-electron chi connectivity index (χ4n) is 2.53. The van der Waals surface area contributed by atoms with Crippen LogP contribution < -0.4 is 5.73 Å². The second-order valence-corrected chi connectivity index (χ2v) is 6.20. The normalized spacial score (nSPS) is 10.3. The van der Waals surface area contributed by atoms with Crippen molar-refractivity contribution >= 4 is 34.7 Å². The number of non-ortho nitro benzene ring substituents is 1. The van der Waals surface area contributed by atoms with E-state index < -0.39 is 4.92 Å². The molecule has 2 N–H and O–H groups in total. The van der Waals surface area contributed by atoms with Crippen molar-refractivity contribution in [1.29, 1.82) is 5.26 Å². The molecule has 0 saturated heterocycles. The van der Waals surface area contributed by atoms with Gasteiger partial charge in [-0.2, -0.15) is 5.26 Å². The number of nitro groups is 1. The topological polar surface area (TPSA) is 106 Å². The monoisotopic (exact) mass is 384 g/mol. The summed E-state index contributed by atoms with van der Waals surface area (Å²) in [6, 6.07) is 14.5. The zero-order valence-corrected chi connectivity index (χ0v) is 14.6. The third-order valence-electron chi connectivity index (χ3n) is 3.73. The number of anilines is 1. The number of nitrogens with zero attached hydrogens (tertiary/aromatic N) is 3. The third-order valence-corrected chi connectivity index (χ3v) is 4.28. The molecular formula is C18H10Cl2N4O2. The lowest BCUT2D eigenvalue weighted by Gasteiger charge is -2.11. The predicted octanol–water partition coefficient (Wildman–Crippen LogP) is 5.08. The summed E-state index contributed by atoms with van der Waals surface area (Å²) in [6.45, 7) is 0. The van der Waals surface area contributed by atoms with Crippen molar-refractivity contribution in [3.8, 4) is 28.5 Å². The highest BCUT2D eigenvalue weighted by Crippen LogP contribution is 2.36. The maximum Gasteiger partial charge on any atom is 0.270 e. The van der Waals surface area contributed by atoms with Gasteiger partial charge in [0.25, 0.3) is 5.69 Å². The molecule has 0 unspecified atom stereocenters. The highest BCUT2D eigenvalue weighted by atomic mass is 35.5. The van der Waals surface area contributed by atoms with E-state index in [4.69, 9.17) is 28.9 Å². The first-order chi connectivity index (χ1) is 12.4. The Labute approximate surface area is 158 Å². The van der Waals surface area contributed by atoms with Crippen LogP contribution in [0.5, 0.6) is 0 Å². The lowest BCUT2D eigenvalue weighted by Crippen LogP contribution is -2.00. The minimum Gasteiger partial charge on any atom is -0.383 e. The molecule has 26 heavy (non-hydrogen) atoms. The number of hydrogen-bond donors (Lipinski definition) is 1. The lowest BCUT2D eigenvalue weighted by molar-refractivity contribution is -0.384. The van der Waals surface area contributed by atoms with Gasteiger partial charge in [0, 0.05) is 38.9 Å². The molecule has 3 aromatic rings. The zero-order chi connectivity index (χ0) is 18.8. The zero-order valence-electron chi connectivity index (χ0n) is 13.1. The number of nitriles is 1. The van der Waals surface area contributed by atoms with Crippen LogP contribution in [0.25, 0.3) is 22.4 Å². The number of nitrogens with two attached hydrogens (primary N) is 1. The van der Waals surface area contributed by atoms with Gasteiger partial charge in [0.05, 0.1) is 10.6 Å². The Morgan fingerprint density at radius 1 is 1.12 bits per heavy atom. The van der Waals surface area contributed by atoms with Crippen molar-refractivity contribution in [2.45, 2.75) is 0 Å². The van der Waals surface area contributed by atoms with E-state index in [2.05, 4.69) is 4.98 Å². The number of aromatic nitrogens is 1. The van der Waals surface area contributed by atoms with Crippen LogP contribution >= 0.6 is 23.2 Å². The van der Waals surface area contributed by atoms with E-state index in [1.807, 2.05) is 6.07 Å². The SMILES string of the molecule is N#Cc1c(-c2ccc(Cl)cc2Cl)cc(-c2cccc([N+](=O)[O-])c2)nc1N. The van der Waals surface area contributed by atoms with E-state index >= 15 is 0 Å². The van der Waals surface area contributed by atoms with Crippen molar-refractivity contribution in [2.24, 2.45) is 0 Å². The van der Waals surface area contributed by atoms with E-state index in [0.29, 0.717) is 32.4 Å². The van der Waals surface area contributed by atoms with E-state index in [0.717, 1.165) is 0 Å². The Morgan fingerprint density at radius 3 is 2.54 bits per heavy atom. The van der Waals surface area contributed by atoms with E-state index in [9.17, 15) is 15.4 Å². The predicted molar refractivity (Wildman–Crippen MR) is 101 cm³/mol. The van der Waals surface area contributed by atoms with Gasteiger partial charge < -0.3 is 5.73 Å². The first-order valence-electron chi connectivity index (χ1n) is 7.31. The van der Waals surface area contributed by atoms with Gasteiger partial charge in [-0.25, -0.2) is 4.98 Å². The molecule has 1 heterocycles. The van der Waals surface area contributed by atoms with E-state index in [1.165, 1.54) is 12.1 Å². The van der Waals surface area contributed by atoms with Crippen molar-refractivity contribution in [2.75, 3.05) is 5.73 Å². The molecule has 0 fully saturated rings. The molecule has 1 aromatic heterocycles. The van der Waals surface area contributed by atoms with E-state index in [1.54, 1.807) is 36.4 Å². The van der Waals surface area contributed by atoms with Crippen LogP contribution in [-0.2, 0) is 0 Å². The van der Waals surface area contributed by atoms with Gasteiger partial charge in [-0.1, -0.05) is 41.4 Å². The largest absolute Gasteiger partial charge is 0.383 e. The molecule has 0 aliphatic carbocycles. The molecule has 0 aliphatic rings. The number of hydrogen-bond acceptors (Lipinski definition) is 5. The molecule has 0 atom stereocenters. The second-order valence-electron chi connectivity index (χ2n) is 5.36. The van der Waals surface area contributed by atoms with Crippen LogP contribution in [0.15, 0.2) is 48.5 Å².